The molecule has 0 N–H and O–H groups in total. The summed E-state index contributed by atoms with van der Waals surface area (Å²) in [4.78, 5) is 24.6. The zero-order valence-corrected chi connectivity index (χ0v) is 15.1. The second-order valence-corrected chi connectivity index (χ2v) is 4.37. The standard InChI is InChI=1S/C14H14F3NO4.HI/c1-18(2)6-5-7-10(15)8(13(19)21-3)9(14(20)22-4)12(17)11(7)16;/h5-6H,1-4H3;1H. The molecular weight excluding hydrogens is 430 g/mol. The number of hydrogen-bond acceptors (Lipinski definition) is 5. The second-order valence-electron chi connectivity index (χ2n) is 4.37. The van der Waals surface area contributed by atoms with E-state index in [1.54, 1.807) is 14.1 Å². The van der Waals surface area contributed by atoms with Crippen molar-refractivity contribution in [2.75, 3.05) is 28.3 Å². The Kier molecular flexibility index (Phi) is 8.07. The zero-order valence-electron chi connectivity index (χ0n) is 12.8. The minimum absolute atomic E-state index is 0. The Morgan fingerprint density at radius 1 is 0.913 bits per heavy atom. The minimum atomic E-state index is -1.69. The topological polar surface area (TPSA) is 55.8 Å². The van der Waals surface area contributed by atoms with Gasteiger partial charge in [0.05, 0.1) is 19.8 Å². The van der Waals surface area contributed by atoms with Crippen LogP contribution in [-0.2, 0) is 9.47 Å². The molecule has 0 aliphatic rings. The summed E-state index contributed by atoms with van der Waals surface area (Å²) < 4.78 is 51.0. The third-order valence-corrected chi connectivity index (χ3v) is 2.67. The van der Waals surface area contributed by atoms with Crippen molar-refractivity contribution < 1.29 is 32.2 Å². The van der Waals surface area contributed by atoms with Gasteiger partial charge in [-0.25, -0.2) is 22.8 Å². The second kappa shape index (κ2) is 8.75. The number of benzene rings is 1. The van der Waals surface area contributed by atoms with Crippen molar-refractivity contribution in [1.29, 1.82) is 0 Å². The van der Waals surface area contributed by atoms with Gasteiger partial charge in [0.1, 0.15) is 16.9 Å². The van der Waals surface area contributed by atoms with E-state index in [2.05, 4.69) is 9.47 Å². The first-order valence-corrected chi connectivity index (χ1v) is 5.97. The van der Waals surface area contributed by atoms with Gasteiger partial charge in [-0.05, 0) is 12.3 Å². The number of methoxy groups -OCH3 is 2. The number of nitrogens with zero attached hydrogens (tertiary/aromatic N) is 1. The molecule has 0 spiro atoms. The molecule has 0 amide bonds. The molecule has 0 radical (unpaired) electrons. The first-order valence-electron chi connectivity index (χ1n) is 5.97. The van der Waals surface area contributed by atoms with E-state index in [0.717, 1.165) is 20.3 Å². The van der Waals surface area contributed by atoms with Gasteiger partial charge in [0.2, 0.25) is 0 Å². The van der Waals surface area contributed by atoms with Crippen LogP contribution in [0.3, 0.4) is 0 Å². The lowest BCUT2D eigenvalue weighted by molar-refractivity contribution is 0.0544. The summed E-state index contributed by atoms with van der Waals surface area (Å²) in [6, 6.07) is 0. The predicted octanol–water partition coefficient (Wildman–Crippen LogP) is 2.83. The Morgan fingerprint density at radius 3 is 1.74 bits per heavy atom. The van der Waals surface area contributed by atoms with Crippen LogP contribution in [0.25, 0.3) is 6.08 Å². The smallest absolute Gasteiger partial charge is 0.341 e. The lowest BCUT2D eigenvalue weighted by Gasteiger charge is -2.12. The Bertz CT molecular complexity index is 648. The summed E-state index contributed by atoms with van der Waals surface area (Å²) in [7, 11) is 4.96. The SMILES string of the molecule is COC(=O)c1c(F)c(F)c(C=CN(C)C)c(F)c1C(=O)OC.I. The summed E-state index contributed by atoms with van der Waals surface area (Å²) in [6.45, 7) is 0. The maximum atomic E-state index is 14.4. The summed E-state index contributed by atoms with van der Waals surface area (Å²) in [5.41, 5.74) is -2.97. The van der Waals surface area contributed by atoms with Crippen molar-refractivity contribution in [3.63, 3.8) is 0 Å². The van der Waals surface area contributed by atoms with E-state index in [0.29, 0.717) is 0 Å². The predicted molar refractivity (Wildman–Crippen MR) is 87.1 cm³/mol. The van der Waals surface area contributed by atoms with Crippen molar-refractivity contribution in [3.05, 3.63) is 40.3 Å². The third-order valence-electron chi connectivity index (χ3n) is 2.67. The van der Waals surface area contributed by atoms with Crippen LogP contribution in [0, 0.1) is 17.5 Å². The molecule has 0 saturated heterocycles. The molecule has 0 unspecified atom stereocenters. The van der Waals surface area contributed by atoms with Crippen LogP contribution in [0.1, 0.15) is 26.3 Å². The van der Waals surface area contributed by atoms with E-state index in [4.69, 9.17) is 0 Å². The number of carbonyl (C=O) groups excluding carboxylic acids is 2. The Balaban J connectivity index is 0.00000484. The molecule has 23 heavy (non-hydrogen) atoms. The van der Waals surface area contributed by atoms with E-state index >= 15 is 0 Å². The van der Waals surface area contributed by atoms with Crippen molar-refractivity contribution in [3.8, 4) is 0 Å². The minimum Gasteiger partial charge on any atom is -0.465 e. The number of hydrogen-bond donors (Lipinski definition) is 0. The molecule has 0 saturated carbocycles. The van der Waals surface area contributed by atoms with Crippen LogP contribution in [0.15, 0.2) is 6.20 Å². The lowest BCUT2D eigenvalue weighted by atomic mass is 10.0. The van der Waals surface area contributed by atoms with Crippen molar-refractivity contribution >= 4 is 42.0 Å². The Hall–Kier alpha value is -1.78. The van der Waals surface area contributed by atoms with Gasteiger partial charge in [0, 0.05) is 14.1 Å². The number of halogens is 4. The van der Waals surface area contributed by atoms with Crippen LogP contribution >= 0.6 is 24.0 Å². The highest BCUT2D eigenvalue weighted by Crippen LogP contribution is 2.27. The van der Waals surface area contributed by atoms with Gasteiger partial charge in [-0.3, -0.25) is 0 Å². The average Bonchev–Trinajstić information content (AvgIpc) is 2.48. The zero-order chi connectivity index (χ0) is 17.0. The molecule has 1 aromatic carbocycles. The maximum Gasteiger partial charge on any atom is 0.341 e. The lowest BCUT2D eigenvalue weighted by Crippen LogP contribution is -2.19. The highest BCUT2D eigenvalue weighted by atomic mass is 127. The molecule has 0 fully saturated rings. The normalized spacial score (nSPS) is 10.2. The molecule has 0 bridgehead atoms. The molecule has 9 heteroatoms. The Labute approximate surface area is 148 Å². The van der Waals surface area contributed by atoms with E-state index in [-0.39, 0.29) is 24.0 Å². The van der Waals surface area contributed by atoms with E-state index in [9.17, 15) is 22.8 Å². The van der Waals surface area contributed by atoms with Gasteiger partial charge in [-0.15, -0.1) is 24.0 Å². The molecule has 128 valence electrons. The fourth-order valence-electron chi connectivity index (χ4n) is 1.64. The molecule has 1 rings (SSSR count). The van der Waals surface area contributed by atoms with Gasteiger partial charge in [0.25, 0.3) is 0 Å². The van der Waals surface area contributed by atoms with Crippen LogP contribution in [-0.4, -0.2) is 45.2 Å². The number of ether oxygens (including phenoxy) is 2. The molecule has 0 aliphatic heterocycles. The van der Waals surface area contributed by atoms with Crippen LogP contribution in [0.4, 0.5) is 13.2 Å². The van der Waals surface area contributed by atoms with Crippen LogP contribution in [0.5, 0.6) is 0 Å². The van der Waals surface area contributed by atoms with Gasteiger partial charge < -0.3 is 14.4 Å². The number of rotatable bonds is 4. The number of carbonyl (C=O) groups is 2. The molecular formula is C14H15F3INO4. The first-order chi connectivity index (χ1) is 10.3. The molecule has 0 aliphatic carbocycles. The van der Waals surface area contributed by atoms with Crippen molar-refractivity contribution in [1.82, 2.24) is 4.90 Å². The van der Waals surface area contributed by atoms with Crippen LogP contribution < -0.4 is 0 Å². The third kappa shape index (κ3) is 4.36. The van der Waals surface area contributed by atoms with Crippen molar-refractivity contribution in [2.45, 2.75) is 0 Å². The fourth-order valence-corrected chi connectivity index (χ4v) is 1.64. The Morgan fingerprint density at radius 2 is 1.35 bits per heavy atom. The molecule has 1 aromatic rings. The molecule has 5 nitrogen and oxygen atoms in total. The van der Waals surface area contributed by atoms with Crippen LogP contribution in [0.2, 0.25) is 0 Å². The molecule has 0 atom stereocenters. The highest BCUT2D eigenvalue weighted by molar-refractivity contribution is 14.0. The average molecular weight is 445 g/mol. The monoisotopic (exact) mass is 445 g/mol. The maximum absolute atomic E-state index is 14.4. The van der Waals surface area contributed by atoms with Gasteiger partial charge in [0.15, 0.2) is 11.6 Å². The van der Waals surface area contributed by atoms with E-state index < -0.39 is 46.1 Å². The first kappa shape index (κ1) is 21.2. The van der Waals surface area contributed by atoms with Gasteiger partial charge in [-0.1, -0.05) is 0 Å². The summed E-state index contributed by atoms with van der Waals surface area (Å²) in [6.07, 6.45) is 2.18. The molecule has 0 heterocycles. The van der Waals surface area contributed by atoms with Gasteiger partial charge in [-0.2, -0.15) is 0 Å². The molecule has 0 aromatic heterocycles. The van der Waals surface area contributed by atoms with E-state index in [1.165, 1.54) is 11.1 Å². The van der Waals surface area contributed by atoms with E-state index in [1.807, 2.05) is 0 Å². The fraction of sp³-hybridized carbons (Fsp3) is 0.286. The largest absolute Gasteiger partial charge is 0.465 e. The van der Waals surface area contributed by atoms with Crippen molar-refractivity contribution in [2.24, 2.45) is 0 Å². The van der Waals surface area contributed by atoms with Gasteiger partial charge >= 0.3 is 11.9 Å². The highest BCUT2D eigenvalue weighted by Gasteiger charge is 2.32. The summed E-state index contributed by atoms with van der Waals surface area (Å²) in [5.74, 6) is -7.42. The summed E-state index contributed by atoms with van der Waals surface area (Å²) >= 11 is 0. The quantitative estimate of drug-likeness (QED) is 0.406. The number of esters is 2. The summed E-state index contributed by atoms with van der Waals surface area (Å²) in [5, 5.41) is 0.